The van der Waals surface area contributed by atoms with Gasteiger partial charge in [0, 0.05) is 17.2 Å². The molecule has 98 valence electrons. The lowest BCUT2D eigenvalue weighted by Crippen LogP contribution is -2.44. The number of hydrogen-bond acceptors (Lipinski definition) is 4. The summed E-state index contributed by atoms with van der Waals surface area (Å²) in [5.41, 5.74) is 2.99. The van der Waals surface area contributed by atoms with Crippen LogP contribution in [-0.4, -0.2) is 27.1 Å². The van der Waals surface area contributed by atoms with E-state index >= 15 is 0 Å². The van der Waals surface area contributed by atoms with Crippen molar-refractivity contribution in [3.05, 3.63) is 23.8 Å². The maximum Gasteiger partial charge on any atom is 0.187 e. The highest BCUT2D eigenvalue weighted by Crippen LogP contribution is 2.20. The van der Waals surface area contributed by atoms with Crippen LogP contribution in [0.25, 0.3) is 0 Å². The number of phenols is 2. The van der Waals surface area contributed by atoms with Crippen LogP contribution in [0.15, 0.2) is 23.3 Å². The minimum atomic E-state index is -0.139. The molecule has 0 atom stereocenters. The van der Waals surface area contributed by atoms with Gasteiger partial charge in [-0.1, -0.05) is 0 Å². The first-order valence-corrected chi connectivity index (χ1v) is 5.82. The molecule has 1 aromatic carbocycles. The fourth-order valence-electron chi connectivity index (χ4n) is 1.17. The summed E-state index contributed by atoms with van der Waals surface area (Å²) in [6.45, 7) is 5.95. The lowest BCUT2D eigenvalue weighted by molar-refractivity contribution is 0.450. The third-order valence-corrected chi connectivity index (χ3v) is 2.07. The maximum absolute atomic E-state index is 9.52. The lowest BCUT2D eigenvalue weighted by Gasteiger charge is -2.21. The van der Waals surface area contributed by atoms with Crippen molar-refractivity contribution in [2.45, 2.75) is 26.3 Å². The molecule has 0 heterocycles. The summed E-state index contributed by atoms with van der Waals surface area (Å²) in [4.78, 5) is 0. The van der Waals surface area contributed by atoms with Crippen LogP contribution in [0, 0.1) is 0 Å². The normalized spacial score (nSPS) is 11.5. The fraction of sp³-hybridized carbons (Fsp3) is 0.333. The van der Waals surface area contributed by atoms with Gasteiger partial charge in [-0.05, 0) is 45.1 Å². The van der Waals surface area contributed by atoms with Gasteiger partial charge in [0.15, 0.2) is 5.11 Å². The van der Waals surface area contributed by atoms with Crippen molar-refractivity contribution in [3.8, 4) is 11.5 Å². The standard InChI is InChI=1S/C12H17N3O2S/c1-12(2,3)14-11(18)15-13-7-8-4-5-9(16)6-10(8)17/h4-7,16-17H,1-3H3,(H2,14,15,18). The first-order valence-electron chi connectivity index (χ1n) is 5.41. The van der Waals surface area contributed by atoms with Crippen LogP contribution < -0.4 is 10.7 Å². The summed E-state index contributed by atoms with van der Waals surface area (Å²) >= 11 is 5.03. The summed E-state index contributed by atoms with van der Waals surface area (Å²) in [5, 5.41) is 26.0. The molecule has 0 aliphatic heterocycles. The molecular formula is C12H17N3O2S. The molecule has 0 radical (unpaired) electrons. The molecule has 18 heavy (non-hydrogen) atoms. The van der Waals surface area contributed by atoms with E-state index in [1.54, 1.807) is 6.07 Å². The van der Waals surface area contributed by atoms with Crippen molar-refractivity contribution in [2.24, 2.45) is 5.10 Å². The first kappa shape index (κ1) is 14.2. The third-order valence-electron chi connectivity index (χ3n) is 1.87. The highest BCUT2D eigenvalue weighted by molar-refractivity contribution is 7.80. The van der Waals surface area contributed by atoms with Crippen molar-refractivity contribution in [1.82, 2.24) is 10.7 Å². The van der Waals surface area contributed by atoms with Crippen molar-refractivity contribution in [2.75, 3.05) is 0 Å². The van der Waals surface area contributed by atoms with Gasteiger partial charge in [0.25, 0.3) is 0 Å². The molecule has 1 aromatic rings. The number of nitrogens with zero attached hydrogens (tertiary/aromatic N) is 1. The number of aromatic hydroxyl groups is 2. The molecule has 1 rings (SSSR count). The molecule has 0 bridgehead atoms. The monoisotopic (exact) mass is 267 g/mol. The van der Waals surface area contributed by atoms with Crippen LogP contribution in [-0.2, 0) is 0 Å². The molecule has 0 saturated heterocycles. The molecule has 0 aliphatic rings. The Kier molecular flexibility index (Phi) is 4.49. The molecule has 0 aliphatic carbocycles. The van der Waals surface area contributed by atoms with E-state index in [-0.39, 0.29) is 17.0 Å². The molecule has 0 unspecified atom stereocenters. The molecule has 6 heteroatoms. The Balaban J connectivity index is 2.58. The summed E-state index contributed by atoms with van der Waals surface area (Å²) in [7, 11) is 0. The van der Waals surface area contributed by atoms with Gasteiger partial charge in [0.2, 0.25) is 0 Å². The van der Waals surface area contributed by atoms with Crippen molar-refractivity contribution < 1.29 is 10.2 Å². The minimum Gasteiger partial charge on any atom is -0.508 e. The van der Waals surface area contributed by atoms with Crippen LogP contribution in [0.4, 0.5) is 0 Å². The average molecular weight is 267 g/mol. The number of phenolic OH excluding ortho intramolecular Hbond substituents is 2. The molecule has 0 spiro atoms. The van der Waals surface area contributed by atoms with Gasteiger partial charge in [0.1, 0.15) is 11.5 Å². The molecule has 4 N–H and O–H groups in total. The largest absolute Gasteiger partial charge is 0.508 e. The van der Waals surface area contributed by atoms with Crippen LogP contribution in [0.1, 0.15) is 26.3 Å². The predicted molar refractivity (Wildman–Crippen MR) is 76.0 cm³/mol. The number of rotatable bonds is 2. The fourth-order valence-corrected chi connectivity index (χ4v) is 1.53. The molecule has 0 aromatic heterocycles. The number of nitrogens with one attached hydrogen (secondary N) is 2. The van der Waals surface area contributed by atoms with Gasteiger partial charge in [-0.3, -0.25) is 5.43 Å². The lowest BCUT2D eigenvalue weighted by atomic mass is 10.1. The van der Waals surface area contributed by atoms with Gasteiger partial charge in [-0.25, -0.2) is 0 Å². The number of hydrazone groups is 1. The second-order valence-electron chi connectivity index (χ2n) is 4.82. The highest BCUT2D eigenvalue weighted by atomic mass is 32.1. The zero-order chi connectivity index (χ0) is 13.8. The second kappa shape index (κ2) is 5.68. The SMILES string of the molecule is CC(C)(C)NC(=S)NN=Cc1ccc(O)cc1O. The Morgan fingerprint density at radius 2 is 2.00 bits per heavy atom. The van der Waals surface area contributed by atoms with E-state index < -0.39 is 0 Å². The van der Waals surface area contributed by atoms with Crippen LogP contribution in [0.5, 0.6) is 11.5 Å². The van der Waals surface area contributed by atoms with E-state index in [0.29, 0.717) is 10.7 Å². The minimum absolute atomic E-state index is 0.00234. The van der Waals surface area contributed by atoms with E-state index in [0.717, 1.165) is 0 Å². The van der Waals surface area contributed by atoms with Crippen LogP contribution >= 0.6 is 12.2 Å². The van der Waals surface area contributed by atoms with Crippen molar-refractivity contribution in [3.63, 3.8) is 0 Å². The number of benzene rings is 1. The Labute approximate surface area is 112 Å². The van der Waals surface area contributed by atoms with Gasteiger partial charge in [0.05, 0.1) is 6.21 Å². The van der Waals surface area contributed by atoms with Crippen LogP contribution in [0.2, 0.25) is 0 Å². The molecule has 5 nitrogen and oxygen atoms in total. The first-order chi connectivity index (χ1) is 8.28. The summed E-state index contributed by atoms with van der Waals surface area (Å²) < 4.78 is 0. The second-order valence-corrected chi connectivity index (χ2v) is 5.23. The number of hydrogen-bond donors (Lipinski definition) is 4. The molecule has 0 amide bonds. The van der Waals surface area contributed by atoms with Crippen molar-refractivity contribution in [1.29, 1.82) is 0 Å². The maximum atomic E-state index is 9.52. The van der Waals surface area contributed by atoms with E-state index in [1.165, 1.54) is 18.3 Å². The van der Waals surface area contributed by atoms with Gasteiger partial charge in [-0.15, -0.1) is 0 Å². The Morgan fingerprint density at radius 3 is 2.56 bits per heavy atom. The van der Waals surface area contributed by atoms with Gasteiger partial charge in [-0.2, -0.15) is 5.10 Å². The van der Waals surface area contributed by atoms with Crippen molar-refractivity contribution >= 4 is 23.5 Å². The summed E-state index contributed by atoms with van der Waals surface area (Å²) in [6.07, 6.45) is 1.42. The molecule has 0 saturated carbocycles. The highest BCUT2D eigenvalue weighted by Gasteiger charge is 2.10. The third kappa shape index (κ3) is 5.01. The molecular weight excluding hydrogens is 250 g/mol. The van der Waals surface area contributed by atoms with Gasteiger partial charge < -0.3 is 15.5 Å². The summed E-state index contributed by atoms with van der Waals surface area (Å²) in [6, 6.07) is 4.26. The Morgan fingerprint density at radius 1 is 1.33 bits per heavy atom. The van der Waals surface area contributed by atoms with Gasteiger partial charge >= 0.3 is 0 Å². The topological polar surface area (TPSA) is 76.9 Å². The predicted octanol–water partition coefficient (Wildman–Crippen LogP) is 1.69. The van der Waals surface area contributed by atoms with E-state index in [2.05, 4.69) is 15.8 Å². The summed E-state index contributed by atoms with van der Waals surface area (Å²) in [5.74, 6) is -0.0437. The van der Waals surface area contributed by atoms with Crippen LogP contribution in [0.3, 0.4) is 0 Å². The van der Waals surface area contributed by atoms with E-state index in [4.69, 9.17) is 17.3 Å². The van der Waals surface area contributed by atoms with E-state index in [9.17, 15) is 5.11 Å². The smallest absolute Gasteiger partial charge is 0.187 e. The van der Waals surface area contributed by atoms with E-state index in [1.807, 2.05) is 20.8 Å². The Bertz CT molecular complexity index is 467. The zero-order valence-corrected chi connectivity index (χ0v) is 11.4. The Hall–Kier alpha value is -1.82. The quantitative estimate of drug-likeness (QED) is 0.373. The average Bonchev–Trinajstić information content (AvgIpc) is 2.18. The number of thiocarbonyl (C=S) groups is 1. The zero-order valence-electron chi connectivity index (χ0n) is 10.6. The molecule has 0 fully saturated rings.